The van der Waals surface area contributed by atoms with Crippen molar-refractivity contribution in [1.29, 1.82) is 0 Å². The highest BCUT2D eigenvalue weighted by Crippen LogP contribution is 2.28. The fourth-order valence-electron chi connectivity index (χ4n) is 4.92. The third kappa shape index (κ3) is 7.10. The molecule has 0 aromatic heterocycles. The third-order valence-electron chi connectivity index (χ3n) is 6.56. The van der Waals surface area contributed by atoms with Crippen LogP contribution in [0.4, 0.5) is 0 Å². The molecule has 0 radical (unpaired) electrons. The molecule has 2 aliphatic heterocycles. The first kappa shape index (κ1) is 27.5. The minimum absolute atomic E-state index is 0.0690. The second kappa shape index (κ2) is 11.6. The number of nitrogens with zero attached hydrogens (tertiary/aromatic N) is 3. The van der Waals surface area contributed by atoms with Crippen LogP contribution in [-0.4, -0.2) is 109 Å². The maximum atomic E-state index is 13.5. The Balaban J connectivity index is 2.01. The van der Waals surface area contributed by atoms with Gasteiger partial charge in [0, 0.05) is 39.1 Å². The van der Waals surface area contributed by atoms with E-state index in [1.54, 1.807) is 0 Å². The summed E-state index contributed by atoms with van der Waals surface area (Å²) in [5, 5.41) is 14.1. The van der Waals surface area contributed by atoms with Crippen LogP contribution in [-0.2, 0) is 19.1 Å². The molecule has 2 rings (SSSR count). The minimum atomic E-state index is -0.752. The number of carbonyl (C=O) groups excluding carboxylic acids is 3. The lowest BCUT2D eigenvalue weighted by Crippen LogP contribution is -2.62. The number of likely N-dealkylation sites (N-methyl/N-ethyl adjacent to an activating group) is 1. The molecule has 0 bridgehead atoms. The monoisotopic (exact) mass is 470 g/mol. The number of esters is 1. The Hall–Kier alpha value is -1.79. The molecule has 11 nitrogen and oxygen atoms in total. The van der Waals surface area contributed by atoms with E-state index in [2.05, 4.69) is 10.2 Å². The Bertz CT molecular complexity index is 691. The third-order valence-corrected chi connectivity index (χ3v) is 6.56. The van der Waals surface area contributed by atoms with E-state index in [1.807, 2.05) is 20.8 Å². The van der Waals surface area contributed by atoms with Crippen molar-refractivity contribution in [3.63, 3.8) is 0 Å². The van der Waals surface area contributed by atoms with Crippen LogP contribution >= 0.6 is 0 Å². The average molecular weight is 471 g/mol. The number of piperidine rings is 1. The number of aliphatic hydroxyl groups excluding tert-OH is 1. The number of hydrogen-bond acceptors (Lipinski definition) is 9. The normalized spacial score (nSPS) is 24.6. The van der Waals surface area contributed by atoms with E-state index in [-0.39, 0.29) is 49.3 Å². The molecular weight excluding hydrogens is 428 g/mol. The summed E-state index contributed by atoms with van der Waals surface area (Å²) in [6.45, 7) is 8.22. The van der Waals surface area contributed by atoms with Crippen LogP contribution in [0.5, 0.6) is 0 Å². The number of β-amino-alcohol motifs (C(OH)–C–C–N with tert-alkyl or cyclic N) is 1. The standard InChI is InChI=1S/C22H42N6O5/c1-22(2,3)18(20(31)27-13-16(29)10-17(27)19(30)25-4)28(24)12-15(23)11-26-8-6-14(7-9-26)21(32)33-5/h14-18,29H,6-13,23-24H2,1-5H3,(H,25,30). The predicted molar refractivity (Wildman–Crippen MR) is 123 cm³/mol. The molecule has 33 heavy (non-hydrogen) atoms. The molecule has 2 amide bonds. The predicted octanol–water partition coefficient (Wildman–Crippen LogP) is -1.50. The van der Waals surface area contributed by atoms with E-state index in [9.17, 15) is 19.5 Å². The van der Waals surface area contributed by atoms with Gasteiger partial charge in [0.1, 0.15) is 12.1 Å². The molecule has 6 N–H and O–H groups in total. The molecule has 2 fully saturated rings. The summed E-state index contributed by atoms with van der Waals surface area (Å²) < 4.78 is 4.84. The van der Waals surface area contributed by atoms with Gasteiger partial charge in [-0.3, -0.25) is 20.2 Å². The molecule has 2 heterocycles. The zero-order chi connectivity index (χ0) is 24.9. The number of amides is 2. The zero-order valence-corrected chi connectivity index (χ0v) is 20.6. The van der Waals surface area contributed by atoms with Crippen LogP contribution in [0.15, 0.2) is 0 Å². The minimum Gasteiger partial charge on any atom is -0.469 e. The fourth-order valence-corrected chi connectivity index (χ4v) is 4.92. The number of carbonyl (C=O) groups is 3. The van der Waals surface area contributed by atoms with Gasteiger partial charge in [-0.25, -0.2) is 5.01 Å². The van der Waals surface area contributed by atoms with Crippen LogP contribution in [0.3, 0.4) is 0 Å². The van der Waals surface area contributed by atoms with E-state index in [0.29, 0.717) is 6.54 Å². The SMILES string of the molecule is CNC(=O)C1CC(O)CN1C(=O)C(N(N)CC(N)CN1CCC(C(=O)OC)CC1)C(C)(C)C. The topological polar surface area (TPSA) is 154 Å². The number of hydrazine groups is 1. The van der Waals surface area contributed by atoms with Crippen molar-refractivity contribution in [3.05, 3.63) is 0 Å². The van der Waals surface area contributed by atoms with E-state index in [0.717, 1.165) is 25.9 Å². The van der Waals surface area contributed by atoms with Gasteiger partial charge < -0.3 is 30.7 Å². The number of hydrogen-bond donors (Lipinski definition) is 4. The Kier molecular flexibility index (Phi) is 9.62. The summed E-state index contributed by atoms with van der Waals surface area (Å²) in [6, 6.07) is -1.74. The Morgan fingerprint density at radius 3 is 2.36 bits per heavy atom. The molecule has 0 aromatic rings. The van der Waals surface area contributed by atoms with E-state index in [4.69, 9.17) is 16.3 Å². The lowest BCUT2D eigenvalue weighted by molar-refractivity contribution is -0.147. The van der Waals surface area contributed by atoms with Crippen LogP contribution < -0.4 is 16.9 Å². The lowest BCUT2D eigenvalue weighted by atomic mass is 9.85. The van der Waals surface area contributed by atoms with E-state index >= 15 is 0 Å². The van der Waals surface area contributed by atoms with Gasteiger partial charge in [-0.15, -0.1) is 0 Å². The van der Waals surface area contributed by atoms with Crippen molar-refractivity contribution in [3.8, 4) is 0 Å². The van der Waals surface area contributed by atoms with Crippen LogP contribution in [0.1, 0.15) is 40.0 Å². The summed E-state index contributed by atoms with van der Waals surface area (Å²) in [7, 11) is 2.92. The zero-order valence-electron chi connectivity index (χ0n) is 20.6. The smallest absolute Gasteiger partial charge is 0.308 e. The summed E-state index contributed by atoms with van der Waals surface area (Å²) in [5.74, 6) is 5.58. The quantitative estimate of drug-likeness (QED) is 0.188. The van der Waals surface area contributed by atoms with E-state index < -0.39 is 23.6 Å². The number of likely N-dealkylation sites (tertiary alicyclic amines) is 2. The Morgan fingerprint density at radius 1 is 1.24 bits per heavy atom. The van der Waals surface area contributed by atoms with Crippen molar-refractivity contribution < 1.29 is 24.2 Å². The summed E-state index contributed by atoms with van der Waals surface area (Å²) >= 11 is 0. The van der Waals surface area contributed by atoms with Gasteiger partial charge in [0.25, 0.3) is 0 Å². The van der Waals surface area contributed by atoms with Gasteiger partial charge in [0.2, 0.25) is 11.8 Å². The second-order valence-electron chi connectivity index (χ2n) is 10.3. The summed E-state index contributed by atoms with van der Waals surface area (Å²) in [5.41, 5.74) is 5.87. The molecule has 2 aliphatic rings. The number of ether oxygens (including phenoxy) is 1. The molecule has 2 saturated heterocycles. The number of nitrogens with one attached hydrogen (secondary N) is 1. The number of rotatable bonds is 8. The van der Waals surface area contributed by atoms with Gasteiger partial charge in [-0.2, -0.15) is 0 Å². The molecule has 0 saturated carbocycles. The van der Waals surface area contributed by atoms with Gasteiger partial charge >= 0.3 is 5.97 Å². The first-order valence-corrected chi connectivity index (χ1v) is 11.7. The maximum absolute atomic E-state index is 13.5. The number of methoxy groups -OCH3 is 1. The lowest BCUT2D eigenvalue weighted by Gasteiger charge is -2.41. The molecule has 0 spiro atoms. The van der Waals surface area contributed by atoms with Crippen LogP contribution in [0.25, 0.3) is 0 Å². The summed E-state index contributed by atoms with van der Waals surface area (Å²) in [4.78, 5) is 41.2. The Morgan fingerprint density at radius 2 is 1.85 bits per heavy atom. The average Bonchev–Trinajstić information content (AvgIpc) is 3.13. The number of aliphatic hydroxyl groups is 1. The van der Waals surface area contributed by atoms with Crippen LogP contribution in [0, 0.1) is 11.3 Å². The van der Waals surface area contributed by atoms with Gasteiger partial charge in [0.05, 0.1) is 19.1 Å². The Labute approximate surface area is 196 Å². The maximum Gasteiger partial charge on any atom is 0.308 e. The van der Waals surface area contributed by atoms with Crippen molar-refractivity contribution in [2.75, 3.05) is 46.9 Å². The first-order chi connectivity index (χ1) is 15.4. The molecule has 4 atom stereocenters. The van der Waals surface area contributed by atoms with Gasteiger partial charge in [-0.05, 0) is 31.3 Å². The highest BCUT2D eigenvalue weighted by molar-refractivity contribution is 5.90. The summed E-state index contributed by atoms with van der Waals surface area (Å²) in [6.07, 6.45) is 0.909. The highest BCUT2D eigenvalue weighted by Gasteiger charge is 2.45. The molecule has 11 heteroatoms. The molecule has 4 unspecified atom stereocenters. The van der Waals surface area contributed by atoms with E-state index in [1.165, 1.54) is 24.1 Å². The van der Waals surface area contributed by atoms with Crippen molar-refractivity contribution in [2.24, 2.45) is 22.9 Å². The molecular formula is C22H42N6O5. The number of nitrogens with two attached hydrogens (primary N) is 2. The van der Waals surface area contributed by atoms with Gasteiger partial charge in [0.15, 0.2) is 0 Å². The van der Waals surface area contributed by atoms with Crippen molar-refractivity contribution in [2.45, 2.75) is 64.3 Å². The molecule has 0 aliphatic carbocycles. The van der Waals surface area contributed by atoms with Gasteiger partial charge in [-0.1, -0.05) is 20.8 Å². The first-order valence-electron chi connectivity index (χ1n) is 11.7. The fraction of sp³-hybridized carbons (Fsp3) is 0.864. The molecule has 0 aromatic carbocycles. The van der Waals surface area contributed by atoms with Crippen molar-refractivity contribution >= 4 is 17.8 Å². The largest absolute Gasteiger partial charge is 0.469 e. The second-order valence-corrected chi connectivity index (χ2v) is 10.3. The highest BCUT2D eigenvalue weighted by atomic mass is 16.5. The molecule has 190 valence electrons. The van der Waals surface area contributed by atoms with Crippen LogP contribution in [0.2, 0.25) is 0 Å². The van der Waals surface area contributed by atoms with Crippen molar-refractivity contribution in [1.82, 2.24) is 20.1 Å².